The van der Waals surface area contributed by atoms with Crippen LogP contribution >= 0.6 is 0 Å². The number of likely N-dealkylation sites (N-methyl/N-ethyl adjacent to an activating group) is 1. The van der Waals surface area contributed by atoms with Gasteiger partial charge in [0.25, 0.3) is 0 Å². The largest absolute Gasteiger partial charge is 0.358 e. The minimum Gasteiger partial charge on any atom is -0.358 e. The second-order valence-corrected chi connectivity index (χ2v) is 6.48. The van der Waals surface area contributed by atoms with Crippen LogP contribution in [0.3, 0.4) is 0 Å². The van der Waals surface area contributed by atoms with Crippen molar-refractivity contribution in [3.8, 4) is 11.4 Å². The zero-order valence-electron chi connectivity index (χ0n) is 15.0. The lowest BCUT2D eigenvalue weighted by Crippen LogP contribution is -2.53. The molecule has 1 aliphatic heterocycles. The first-order valence-electron chi connectivity index (χ1n) is 8.64. The summed E-state index contributed by atoms with van der Waals surface area (Å²) in [4.78, 5) is 20.7. The van der Waals surface area contributed by atoms with Crippen molar-refractivity contribution in [1.82, 2.24) is 25.3 Å². The minimum atomic E-state index is -0.0938. The van der Waals surface area contributed by atoms with E-state index in [0.29, 0.717) is 18.3 Å². The summed E-state index contributed by atoms with van der Waals surface area (Å²) in [5, 5.41) is 6.79. The van der Waals surface area contributed by atoms with E-state index in [1.54, 1.807) is 7.05 Å². The third kappa shape index (κ3) is 4.24. The van der Waals surface area contributed by atoms with Gasteiger partial charge in [-0.25, -0.2) is 0 Å². The molecule has 134 valence electrons. The van der Waals surface area contributed by atoms with Gasteiger partial charge in [0.2, 0.25) is 17.6 Å². The first-order chi connectivity index (χ1) is 12.1. The summed E-state index contributed by atoms with van der Waals surface area (Å²) in [5.74, 6) is 1.32. The number of carbonyl (C=O) groups excluding carboxylic acids is 1. The number of nitrogens with zero attached hydrogens (tertiary/aromatic N) is 4. The number of amides is 1. The molecule has 3 rings (SSSR count). The standard InChI is InChI=1S/C18H25N5O2/c1-13-4-6-15(7-5-13)17-20-16(25-21-17)12-22-8-10-23(11-9-22)14(2)18(24)19-3/h4-7,14H,8-12H2,1-3H3,(H,19,24)/t14-/m0/s1. The first kappa shape index (κ1) is 17.6. The number of carbonyl (C=O) groups is 1. The summed E-state index contributed by atoms with van der Waals surface area (Å²) in [6.45, 7) is 8.10. The monoisotopic (exact) mass is 343 g/mol. The number of aryl methyl sites for hydroxylation is 1. The maximum Gasteiger partial charge on any atom is 0.241 e. The second kappa shape index (κ2) is 7.76. The Bertz CT molecular complexity index is 705. The van der Waals surface area contributed by atoms with Crippen LogP contribution in [0.15, 0.2) is 28.8 Å². The van der Waals surface area contributed by atoms with Gasteiger partial charge in [-0.1, -0.05) is 35.0 Å². The average molecular weight is 343 g/mol. The number of hydrogen-bond acceptors (Lipinski definition) is 6. The lowest BCUT2D eigenvalue weighted by atomic mass is 10.1. The predicted octanol–water partition coefficient (Wildman–Crippen LogP) is 1.30. The number of piperazine rings is 1. The highest BCUT2D eigenvalue weighted by molar-refractivity contribution is 5.80. The van der Waals surface area contributed by atoms with Gasteiger partial charge in [-0.15, -0.1) is 0 Å². The fraction of sp³-hybridized carbons (Fsp3) is 0.500. The molecule has 1 aromatic carbocycles. The molecule has 2 aromatic rings. The van der Waals surface area contributed by atoms with E-state index in [4.69, 9.17) is 4.52 Å². The van der Waals surface area contributed by atoms with Gasteiger partial charge in [0, 0.05) is 38.8 Å². The lowest BCUT2D eigenvalue weighted by molar-refractivity contribution is -0.126. The number of aromatic nitrogens is 2. The van der Waals surface area contributed by atoms with Crippen molar-refractivity contribution in [1.29, 1.82) is 0 Å². The Morgan fingerprint density at radius 2 is 1.92 bits per heavy atom. The van der Waals surface area contributed by atoms with Crippen molar-refractivity contribution in [3.63, 3.8) is 0 Å². The van der Waals surface area contributed by atoms with E-state index >= 15 is 0 Å². The van der Waals surface area contributed by atoms with Crippen LogP contribution in [-0.2, 0) is 11.3 Å². The molecule has 1 amide bonds. The van der Waals surface area contributed by atoms with Crippen LogP contribution in [0.25, 0.3) is 11.4 Å². The van der Waals surface area contributed by atoms with Gasteiger partial charge in [0.15, 0.2) is 0 Å². The molecule has 0 bridgehead atoms. The molecule has 0 saturated carbocycles. The van der Waals surface area contributed by atoms with Gasteiger partial charge in [-0.3, -0.25) is 14.6 Å². The van der Waals surface area contributed by atoms with Crippen LogP contribution in [0, 0.1) is 6.92 Å². The molecular formula is C18H25N5O2. The van der Waals surface area contributed by atoms with E-state index in [2.05, 4.69) is 32.2 Å². The molecule has 1 N–H and O–H groups in total. The van der Waals surface area contributed by atoms with Gasteiger partial charge >= 0.3 is 0 Å². The quantitative estimate of drug-likeness (QED) is 0.882. The van der Waals surface area contributed by atoms with E-state index < -0.39 is 0 Å². The van der Waals surface area contributed by atoms with Crippen molar-refractivity contribution in [2.45, 2.75) is 26.4 Å². The molecule has 1 atom stereocenters. The summed E-state index contributed by atoms with van der Waals surface area (Å²) in [6.07, 6.45) is 0. The minimum absolute atomic E-state index is 0.0630. The van der Waals surface area contributed by atoms with Crippen molar-refractivity contribution < 1.29 is 9.32 Å². The Hall–Kier alpha value is -2.25. The maximum atomic E-state index is 11.7. The molecule has 7 heteroatoms. The topological polar surface area (TPSA) is 74.5 Å². The van der Waals surface area contributed by atoms with Gasteiger partial charge < -0.3 is 9.84 Å². The molecule has 25 heavy (non-hydrogen) atoms. The molecule has 1 aromatic heterocycles. The molecular weight excluding hydrogens is 318 g/mol. The Kier molecular flexibility index (Phi) is 5.45. The highest BCUT2D eigenvalue weighted by Crippen LogP contribution is 2.17. The van der Waals surface area contributed by atoms with E-state index in [9.17, 15) is 4.79 Å². The number of rotatable bonds is 5. The third-order valence-corrected chi connectivity index (χ3v) is 4.72. The zero-order chi connectivity index (χ0) is 17.8. The normalized spacial score (nSPS) is 17.4. The molecule has 2 heterocycles. The summed E-state index contributed by atoms with van der Waals surface area (Å²) >= 11 is 0. The number of nitrogens with one attached hydrogen (secondary N) is 1. The van der Waals surface area contributed by atoms with Gasteiger partial charge in [-0.05, 0) is 13.8 Å². The van der Waals surface area contributed by atoms with Crippen molar-refractivity contribution >= 4 is 5.91 Å². The fourth-order valence-electron chi connectivity index (χ4n) is 3.01. The number of hydrogen-bond donors (Lipinski definition) is 1. The van der Waals surface area contributed by atoms with Crippen molar-refractivity contribution in [3.05, 3.63) is 35.7 Å². The van der Waals surface area contributed by atoms with E-state index in [0.717, 1.165) is 31.7 Å². The van der Waals surface area contributed by atoms with E-state index in [1.807, 2.05) is 31.2 Å². The van der Waals surface area contributed by atoms with E-state index in [-0.39, 0.29) is 11.9 Å². The van der Waals surface area contributed by atoms with Crippen LogP contribution in [0.5, 0.6) is 0 Å². The Balaban J connectivity index is 1.54. The summed E-state index contributed by atoms with van der Waals surface area (Å²) in [6, 6.07) is 7.99. The Morgan fingerprint density at radius 3 is 2.56 bits per heavy atom. The van der Waals surface area contributed by atoms with Gasteiger partial charge in [0.1, 0.15) is 0 Å². The second-order valence-electron chi connectivity index (χ2n) is 6.48. The van der Waals surface area contributed by atoms with Crippen LogP contribution in [-0.4, -0.2) is 65.1 Å². The highest BCUT2D eigenvalue weighted by Gasteiger charge is 2.25. The lowest BCUT2D eigenvalue weighted by Gasteiger charge is -2.36. The summed E-state index contributed by atoms with van der Waals surface area (Å²) in [7, 11) is 1.68. The van der Waals surface area contributed by atoms with Gasteiger partial charge in [0.05, 0.1) is 12.6 Å². The third-order valence-electron chi connectivity index (χ3n) is 4.72. The maximum absolute atomic E-state index is 11.7. The van der Waals surface area contributed by atoms with Crippen LogP contribution in [0.2, 0.25) is 0 Å². The van der Waals surface area contributed by atoms with Crippen LogP contribution in [0.4, 0.5) is 0 Å². The SMILES string of the molecule is CNC(=O)[C@H](C)N1CCN(Cc2nc(-c3ccc(C)cc3)no2)CC1. The average Bonchev–Trinajstić information content (AvgIpc) is 3.10. The smallest absolute Gasteiger partial charge is 0.241 e. The molecule has 0 radical (unpaired) electrons. The number of benzene rings is 1. The molecule has 1 aliphatic rings. The van der Waals surface area contributed by atoms with Crippen LogP contribution < -0.4 is 5.32 Å². The molecule has 7 nitrogen and oxygen atoms in total. The molecule has 0 spiro atoms. The van der Waals surface area contributed by atoms with Crippen molar-refractivity contribution in [2.24, 2.45) is 0 Å². The molecule has 1 saturated heterocycles. The van der Waals surface area contributed by atoms with E-state index in [1.165, 1.54) is 5.56 Å². The Morgan fingerprint density at radius 1 is 1.24 bits per heavy atom. The Labute approximate surface area is 148 Å². The molecule has 0 unspecified atom stereocenters. The predicted molar refractivity (Wildman–Crippen MR) is 94.8 cm³/mol. The highest BCUT2D eigenvalue weighted by atomic mass is 16.5. The van der Waals surface area contributed by atoms with Crippen LogP contribution in [0.1, 0.15) is 18.4 Å². The molecule has 0 aliphatic carbocycles. The fourth-order valence-corrected chi connectivity index (χ4v) is 3.01. The zero-order valence-corrected chi connectivity index (χ0v) is 15.0. The first-order valence-corrected chi connectivity index (χ1v) is 8.64. The summed E-state index contributed by atoms with van der Waals surface area (Å²) < 4.78 is 5.40. The molecule has 1 fully saturated rings. The van der Waals surface area contributed by atoms with Crippen molar-refractivity contribution in [2.75, 3.05) is 33.2 Å². The van der Waals surface area contributed by atoms with Gasteiger partial charge in [-0.2, -0.15) is 4.98 Å². The summed E-state index contributed by atoms with van der Waals surface area (Å²) in [5.41, 5.74) is 2.17.